The zero-order valence-electron chi connectivity index (χ0n) is 10.3. The Morgan fingerprint density at radius 1 is 1.28 bits per heavy atom. The van der Waals surface area contributed by atoms with E-state index in [1.54, 1.807) is 6.07 Å². The zero-order chi connectivity index (χ0) is 13.0. The van der Waals surface area contributed by atoms with Crippen LogP contribution in [0.15, 0.2) is 18.2 Å². The van der Waals surface area contributed by atoms with Gasteiger partial charge >= 0.3 is 0 Å². The quantitative estimate of drug-likeness (QED) is 0.882. The number of hydrogen-bond donors (Lipinski definition) is 2. The van der Waals surface area contributed by atoms with Gasteiger partial charge in [-0.2, -0.15) is 0 Å². The van der Waals surface area contributed by atoms with Crippen molar-refractivity contribution in [1.29, 1.82) is 0 Å². The molecule has 1 aliphatic carbocycles. The van der Waals surface area contributed by atoms with Gasteiger partial charge in [0.2, 0.25) is 0 Å². The Balaban J connectivity index is 1.81. The SMILES string of the molecule is OCC1CCC(NCc2ccc(F)cc2Cl)CC1. The van der Waals surface area contributed by atoms with Crippen LogP contribution in [0.2, 0.25) is 5.02 Å². The minimum absolute atomic E-state index is 0.299. The van der Waals surface area contributed by atoms with Crippen LogP contribution in [0.25, 0.3) is 0 Å². The molecule has 2 rings (SSSR count). The van der Waals surface area contributed by atoms with Crippen molar-refractivity contribution >= 4 is 11.6 Å². The van der Waals surface area contributed by atoms with Gasteiger partial charge in [-0.15, -0.1) is 0 Å². The summed E-state index contributed by atoms with van der Waals surface area (Å²) in [6.45, 7) is 0.976. The standard InChI is InChI=1S/C14H19ClFNO/c15-14-7-12(16)4-3-11(14)8-17-13-5-1-10(9-18)2-6-13/h3-4,7,10,13,17-18H,1-2,5-6,8-9H2. The molecule has 0 radical (unpaired) electrons. The third-order valence-corrected chi connectivity index (χ3v) is 4.05. The largest absolute Gasteiger partial charge is 0.396 e. The molecule has 1 fully saturated rings. The lowest BCUT2D eigenvalue weighted by Gasteiger charge is -2.28. The Hall–Kier alpha value is -0.640. The van der Waals surface area contributed by atoms with Crippen molar-refractivity contribution in [2.45, 2.75) is 38.3 Å². The lowest BCUT2D eigenvalue weighted by molar-refractivity contribution is 0.175. The van der Waals surface area contributed by atoms with Gasteiger partial charge in [-0.3, -0.25) is 0 Å². The summed E-state index contributed by atoms with van der Waals surface area (Å²) in [6.07, 6.45) is 4.32. The number of rotatable bonds is 4. The van der Waals surface area contributed by atoms with Crippen molar-refractivity contribution in [2.24, 2.45) is 5.92 Å². The van der Waals surface area contributed by atoms with Crippen molar-refractivity contribution in [2.75, 3.05) is 6.61 Å². The highest BCUT2D eigenvalue weighted by Gasteiger charge is 2.20. The molecular formula is C14H19ClFNO. The van der Waals surface area contributed by atoms with Crippen LogP contribution in [0.3, 0.4) is 0 Å². The van der Waals surface area contributed by atoms with E-state index in [1.165, 1.54) is 12.1 Å². The Bertz CT molecular complexity index is 391. The first-order valence-corrected chi connectivity index (χ1v) is 6.85. The van der Waals surface area contributed by atoms with E-state index in [0.717, 1.165) is 31.2 Å². The van der Waals surface area contributed by atoms with Crippen LogP contribution in [0.1, 0.15) is 31.2 Å². The van der Waals surface area contributed by atoms with Crippen LogP contribution in [0.4, 0.5) is 4.39 Å². The van der Waals surface area contributed by atoms with Gasteiger partial charge in [0.25, 0.3) is 0 Å². The Labute approximate surface area is 112 Å². The molecule has 100 valence electrons. The minimum Gasteiger partial charge on any atom is -0.396 e. The fraction of sp³-hybridized carbons (Fsp3) is 0.571. The molecule has 4 heteroatoms. The van der Waals surface area contributed by atoms with Gasteiger partial charge in [-0.25, -0.2) is 4.39 Å². The van der Waals surface area contributed by atoms with Crippen LogP contribution in [0, 0.1) is 11.7 Å². The summed E-state index contributed by atoms with van der Waals surface area (Å²) >= 11 is 5.98. The molecule has 0 heterocycles. The highest BCUT2D eigenvalue weighted by atomic mass is 35.5. The van der Waals surface area contributed by atoms with Crippen molar-refractivity contribution in [3.8, 4) is 0 Å². The monoisotopic (exact) mass is 271 g/mol. The van der Waals surface area contributed by atoms with Gasteiger partial charge in [-0.05, 0) is 49.3 Å². The van der Waals surface area contributed by atoms with E-state index in [2.05, 4.69) is 5.32 Å². The molecule has 0 bridgehead atoms. The smallest absolute Gasteiger partial charge is 0.124 e. The number of hydrogen-bond acceptors (Lipinski definition) is 2. The van der Waals surface area contributed by atoms with E-state index in [0.29, 0.717) is 30.1 Å². The Morgan fingerprint density at radius 2 is 2.00 bits per heavy atom. The summed E-state index contributed by atoms with van der Waals surface area (Å²) in [5, 5.41) is 13.0. The molecular weight excluding hydrogens is 253 g/mol. The van der Waals surface area contributed by atoms with Crippen molar-refractivity contribution in [3.63, 3.8) is 0 Å². The lowest BCUT2D eigenvalue weighted by Crippen LogP contribution is -2.33. The molecule has 1 aromatic carbocycles. The van der Waals surface area contributed by atoms with Crippen molar-refractivity contribution in [3.05, 3.63) is 34.6 Å². The van der Waals surface area contributed by atoms with E-state index >= 15 is 0 Å². The van der Waals surface area contributed by atoms with Gasteiger partial charge in [0, 0.05) is 24.2 Å². The van der Waals surface area contributed by atoms with E-state index < -0.39 is 0 Å². The maximum atomic E-state index is 12.9. The molecule has 2 nitrogen and oxygen atoms in total. The van der Waals surface area contributed by atoms with Crippen LogP contribution < -0.4 is 5.32 Å². The minimum atomic E-state index is -0.299. The third-order valence-electron chi connectivity index (χ3n) is 3.70. The van der Waals surface area contributed by atoms with Gasteiger partial charge < -0.3 is 10.4 Å². The molecule has 1 aliphatic rings. The maximum Gasteiger partial charge on any atom is 0.124 e. The predicted molar refractivity (Wildman–Crippen MR) is 71.1 cm³/mol. The fourth-order valence-corrected chi connectivity index (χ4v) is 2.70. The molecule has 1 saturated carbocycles. The summed E-state index contributed by atoms with van der Waals surface area (Å²) in [7, 11) is 0. The zero-order valence-corrected chi connectivity index (χ0v) is 11.1. The van der Waals surface area contributed by atoms with Crippen LogP contribution in [-0.2, 0) is 6.54 Å². The molecule has 0 spiro atoms. The molecule has 0 unspecified atom stereocenters. The summed E-state index contributed by atoms with van der Waals surface area (Å²) < 4.78 is 12.9. The first kappa shape index (κ1) is 13.8. The number of aliphatic hydroxyl groups is 1. The Morgan fingerprint density at radius 3 is 2.61 bits per heavy atom. The predicted octanol–water partition coefficient (Wildman–Crippen LogP) is 3.12. The first-order valence-electron chi connectivity index (χ1n) is 6.47. The number of nitrogens with one attached hydrogen (secondary N) is 1. The van der Waals surface area contributed by atoms with E-state index in [1.807, 2.05) is 0 Å². The van der Waals surface area contributed by atoms with E-state index in [9.17, 15) is 4.39 Å². The average Bonchev–Trinajstić information content (AvgIpc) is 2.38. The van der Waals surface area contributed by atoms with Crippen LogP contribution in [0.5, 0.6) is 0 Å². The highest BCUT2D eigenvalue weighted by Crippen LogP contribution is 2.24. The third kappa shape index (κ3) is 3.67. The molecule has 0 atom stereocenters. The fourth-order valence-electron chi connectivity index (χ4n) is 2.47. The topological polar surface area (TPSA) is 32.3 Å². The highest BCUT2D eigenvalue weighted by molar-refractivity contribution is 6.31. The summed E-state index contributed by atoms with van der Waals surface area (Å²) in [4.78, 5) is 0. The number of benzene rings is 1. The summed E-state index contributed by atoms with van der Waals surface area (Å²) in [5.41, 5.74) is 0.933. The Kier molecular flexibility index (Phi) is 4.98. The normalized spacial score (nSPS) is 24.2. The maximum absolute atomic E-state index is 12.9. The first-order chi connectivity index (χ1) is 8.69. The van der Waals surface area contributed by atoms with Crippen molar-refractivity contribution in [1.82, 2.24) is 5.32 Å². The second kappa shape index (κ2) is 6.50. The summed E-state index contributed by atoms with van der Waals surface area (Å²) in [6, 6.07) is 4.99. The van der Waals surface area contributed by atoms with Gasteiger partial charge in [0.05, 0.1) is 0 Å². The molecule has 0 saturated heterocycles. The molecule has 0 amide bonds. The molecule has 1 aromatic rings. The van der Waals surface area contributed by atoms with Crippen molar-refractivity contribution < 1.29 is 9.50 Å². The number of aliphatic hydroxyl groups excluding tert-OH is 1. The molecule has 2 N–H and O–H groups in total. The average molecular weight is 272 g/mol. The van der Waals surface area contributed by atoms with Crippen LogP contribution in [-0.4, -0.2) is 17.8 Å². The van der Waals surface area contributed by atoms with E-state index in [-0.39, 0.29) is 5.82 Å². The van der Waals surface area contributed by atoms with Gasteiger partial charge in [-0.1, -0.05) is 17.7 Å². The van der Waals surface area contributed by atoms with Crippen LogP contribution >= 0.6 is 11.6 Å². The molecule has 0 aromatic heterocycles. The van der Waals surface area contributed by atoms with E-state index in [4.69, 9.17) is 16.7 Å². The second-order valence-corrected chi connectivity index (χ2v) is 5.42. The molecule has 18 heavy (non-hydrogen) atoms. The second-order valence-electron chi connectivity index (χ2n) is 5.02. The number of halogens is 2. The molecule has 0 aliphatic heterocycles. The lowest BCUT2D eigenvalue weighted by atomic mass is 9.86. The summed E-state index contributed by atoms with van der Waals surface area (Å²) in [5.74, 6) is 0.171. The van der Waals surface area contributed by atoms with Gasteiger partial charge in [0.1, 0.15) is 5.82 Å². The van der Waals surface area contributed by atoms with Gasteiger partial charge in [0.15, 0.2) is 0 Å².